The van der Waals surface area contributed by atoms with Crippen LogP contribution in [0.1, 0.15) is 13.3 Å². The van der Waals surface area contributed by atoms with Crippen molar-refractivity contribution in [2.24, 2.45) is 0 Å². The predicted octanol–water partition coefficient (Wildman–Crippen LogP) is -0.549. The van der Waals surface area contributed by atoms with Gasteiger partial charge >= 0.3 is 0 Å². The summed E-state index contributed by atoms with van der Waals surface area (Å²) < 4.78 is 10.9. The summed E-state index contributed by atoms with van der Waals surface area (Å²) in [5.41, 5.74) is 0. The SMILES string of the molecule is CCC(=O)NCCOCCOCCN1CCNCC1. The smallest absolute Gasteiger partial charge is 0.219 e. The van der Waals surface area contributed by atoms with E-state index in [1.807, 2.05) is 6.92 Å². The van der Waals surface area contributed by atoms with Crippen molar-refractivity contribution in [2.75, 3.05) is 65.7 Å². The maximum Gasteiger partial charge on any atom is 0.219 e. The molecule has 0 radical (unpaired) electrons. The Bertz CT molecular complexity index is 233. The van der Waals surface area contributed by atoms with Crippen LogP contribution in [0.3, 0.4) is 0 Å². The van der Waals surface area contributed by atoms with Crippen molar-refractivity contribution in [2.45, 2.75) is 13.3 Å². The van der Waals surface area contributed by atoms with Crippen molar-refractivity contribution < 1.29 is 14.3 Å². The minimum atomic E-state index is 0.0656. The van der Waals surface area contributed by atoms with E-state index in [1.165, 1.54) is 0 Å². The molecule has 112 valence electrons. The van der Waals surface area contributed by atoms with E-state index >= 15 is 0 Å². The molecule has 1 saturated heterocycles. The van der Waals surface area contributed by atoms with Crippen LogP contribution in [-0.4, -0.2) is 76.5 Å². The third-order valence-electron chi connectivity index (χ3n) is 3.02. The summed E-state index contributed by atoms with van der Waals surface area (Å²) >= 11 is 0. The van der Waals surface area contributed by atoms with Gasteiger partial charge in [0.1, 0.15) is 0 Å². The standard InChI is InChI=1S/C13H27N3O3/c1-2-13(17)15-5-9-18-11-12-19-10-8-16-6-3-14-4-7-16/h14H,2-12H2,1H3,(H,15,17). The van der Waals surface area contributed by atoms with E-state index in [0.29, 0.717) is 32.8 Å². The molecule has 1 aliphatic rings. The van der Waals surface area contributed by atoms with Crippen molar-refractivity contribution in [1.29, 1.82) is 0 Å². The molecule has 1 rings (SSSR count). The molecule has 0 aromatic heterocycles. The Labute approximate surface area is 115 Å². The fourth-order valence-electron chi connectivity index (χ4n) is 1.84. The Morgan fingerprint density at radius 3 is 2.53 bits per heavy atom. The summed E-state index contributed by atoms with van der Waals surface area (Å²) in [6.07, 6.45) is 0.523. The van der Waals surface area contributed by atoms with E-state index < -0.39 is 0 Å². The molecule has 0 spiro atoms. The molecule has 0 bridgehead atoms. The van der Waals surface area contributed by atoms with Gasteiger partial charge in [0.05, 0.1) is 26.4 Å². The van der Waals surface area contributed by atoms with Crippen LogP contribution >= 0.6 is 0 Å². The van der Waals surface area contributed by atoms with Gasteiger partial charge in [-0.1, -0.05) is 6.92 Å². The third-order valence-corrected chi connectivity index (χ3v) is 3.02. The number of amides is 1. The molecule has 0 atom stereocenters. The van der Waals surface area contributed by atoms with Crippen LogP contribution in [-0.2, 0) is 14.3 Å². The van der Waals surface area contributed by atoms with Crippen molar-refractivity contribution in [3.05, 3.63) is 0 Å². The van der Waals surface area contributed by atoms with Gasteiger partial charge in [-0.25, -0.2) is 0 Å². The average molecular weight is 273 g/mol. The summed E-state index contributed by atoms with van der Waals surface area (Å²) in [6, 6.07) is 0. The highest BCUT2D eigenvalue weighted by Gasteiger charge is 2.08. The molecule has 0 aliphatic carbocycles. The summed E-state index contributed by atoms with van der Waals surface area (Å²) in [5.74, 6) is 0.0656. The second-order valence-electron chi connectivity index (χ2n) is 4.52. The summed E-state index contributed by atoms with van der Waals surface area (Å²) in [4.78, 5) is 13.3. The highest BCUT2D eigenvalue weighted by atomic mass is 16.5. The first-order chi connectivity index (χ1) is 9.33. The second kappa shape index (κ2) is 11.2. The number of nitrogens with one attached hydrogen (secondary N) is 2. The fraction of sp³-hybridized carbons (Fsp3) is 0.923. The first-order valence-electron chi connectivity index (χ1n) is 7.18. The molecule has 0 aromatic carbocycles. The quantitative estimate of drug-likeness (QED) is 0.523. The molecule has 0 saturated carbocycles. The zero-order chi connectivity index (χ0) is 13.8. The molecule has 1 amide bonds. The Hall–Kier alpha value is -0.690. The van der Waals surface area contributed by atoms with Crippen LogP contribution in [0.5, 0.6) is 0 Å². The van der Waals surface area contributed by atoms with Crippen LogP contribution in [0.4, 0.5) is 0 Å². The van der Waals surface area contributed by atoms with Crippen molar-refractivity contribution >= 4 is 5.91 Å². The van der Waals surface area contributed by atoms with Gasteiger partial charge in [-0.3, -0.25) is 9.69 Å². The van der Waals surface area contributed by atoms with E-state index in [1.54, 1.807) is 0 Å². The molecule has 1 heterocycles. The van der Waals surface area contributed by atoms with Crippen molar-refractivity contribution in [3.63, 3.8) is 0 Å². The van der Waals surface area contributed by atoms with Gasteiger partial charge in [0.2, 0.25) is 5.91 Å². The number of hydrogen-bond acceptors (Lipinski definition) is 5. The van der Waals surface area contributed by atoms with E-state index in [2.05, 4.69) is 15.5 Å². The molecule has 0 unspecified atom stereocenters. The first-order valence-corrected chi connectivity index (χ1v) is 7.18. The van der Waals surface area contributed by atoms with Gasteiger partial charge in [0, 0.05) is 45.7 Å². The third kappa shape index (κ3) is 8.93. The van der Waals surface area contributed by atoms with Gasteiger partial charge in [-0.05, 0) is 0 Å². The van der Waals surface area contributed by atoms with Crippen LogP contribution < -0.4 is 10.6 Å². The van der Waals surface area contributed by atoms with E-state index in [-0.39, 0.29) is 5.91 Å². The zero-order valence-electron chi connectivity index (χ0n) is 12.0. The summed E-state index contributed by atoms with van der Waals surface area (Å²) in [6.45, 7) is 10.3. The van der Waals surface area contributed by atoms with Crippen molar-refractivity contribution in [1.82, 2.24) is 15.5 Å². The minimum absolute atomic E-state index is 0.0656. The Morgan fingerprint density at radius 1 is 1.16 bits per heavy atom. The minimum Gasteiger partial charge on any atom is -0.378 e. The lowest BCUT2D eigenvalue weighted by Crippen LogP contribution is -2.44. The highest BCUT2D eigenvalue weighted by Crippen LogP contribution is 1.91. The molecular formula is C13H27N3O3. The molecule has 6 heteroatoms. The Morgan fingerprint density at radius 2 is 1.84 bits per heavy atom. The second-order valence-corrected chi connectivity index (χ2v) is 4.52. The summed E-state index contributed by atoms with van der Waals surface area (Å²) in [7, 11) is 0. The van der Waals surface area contributed by atoms with Gasteiger partial charge in [-0.2, -0.15) is 0 Å². The Kier molecular flexibility index (Phi) is 9.61. The lowest BCUT2D eigenvalue weighted by Gasteiger charge is -2.26. The number of rotatable bonds is 10. The monoisotopic (exact) mass is 273 g/mol. The largest absolute Gasteiger partial charge is 0.378 e. The topological polar surface area (TPSA) is 62.8 Å². The highest BCUT2D eigenvalue weighted by molar-refractivity contribution is 5.75. The molecule has 2 N–H and O–H groups in total. The van der Waals surface area contributed by atoms with E-state index in [9.17, 15) is 4.79 Å². The van der Waals surface area contributed by atoms with Gasteiger partial charge in [-0.15, -0.1) is 0 Å². The molecule has 1 fully saturated rings. The van der Waals surface area contributed by atoms with Crippen LogP contribution in [0, 0.1) is 0 Å². The molecule has 6 nitrogen and oxygen atoms in total. The number of carbonyl (C=O) groups is 1. The van der Waals surface area contributed by atoms with Gasteiger partial charge in [0.25, 0.3) is 0 Å². The number of piperazine rings is 1. The molecule has 0 aromatic rings. The summed E-state index contributed by atoms with van der Waals surface area (Å²) in [5, 5.41) is 6.08. The van der Waals surface area contributed by atoms with Crippen molar-refractivity contribution in [3.8, 4) is 0 Å². The van der Waals surface area contributed by atoms with E-state index in [0.717, 1.165) is 39.3 Å². The van der Waals surface area contributed by atoms with Crippen LogP contribution in [0.2, 0.25) is 0 Å². The lowest BCUT2D eigenvalue weighted by molar-refractivity contribution is -0.121. The molecule has 19 heavy (non-hydrogen) atoms. The fourth-order valence-corrected chi connectivity index (χ4v) is 1.84. The number of hydrogen-bond donors (Lipinski definition) is 2. The normalized spacial score (nSPS) is 16.5. The average Bonchev–Trinajstić information content (AvgIpc) is 2.46. The number of carbonyl (C=O) groups excluding carboxylic acids is 1. The number of ether oxygens (including phenoxy) is 2. The zero-order valence-corrected chi connectivity index (χ0v) is 12.0. The Balaban J connectivity index is 1.77. The maximum atomic E-state index is 10.9. The van der Waals surface area contributed by atoms with Gasteiger partial charge < -0.3 is 20.1 Å². The van der Waals surface area contributed by atoms with Crippen LogP contribution in [0.15, 0.2) is 0 Å². The molecule has 1 aliphatic heterocycles. The number of nitrogens with zero attached hydrogens (tertiary/aromatic N) is 1. The van der Waals surface area contributed by atoms with Crippen LogP contribution in [0.25, 0.3) is 0 Å². The first kappa shape index (κ1) is 16.4. The van der Waals surface area contributed by atoms with E-state index in [4.69, 9.17) is 9.47 Å². The maximum absolute atomic E-state index is 10.9. The lowest BCUT2D eigenvalue weighted by atomic mass is 10.4. The predicted molar refractivity (Wildman–Crippen MR) is 74.2 cm³/mol. The van der Waals surface area contributed by atoms with Gasteiger partial charge in [0.15, 0.2) is 0 Å². The molecular weight excluding hydrogens is 246 g/mol.